The fraction of sp³-hybridized carbons (Fsp3) is 0.143. The smallest absolute Gasteiger partial charge is 0.266 e. The van der Waals surface area contributed by atoms with E-state index in [0.717, 1.165) is 0 Å². The van der Waals surface area contributed by atoms with Crippen molar-refractivity contribution in [3.63, 3.8) is 0 Å². The highest BCUT2D eigenvalue weighted by molar-refractivity contribution is 6.98. The van der Waals surface area contributed by atoms with Gasteiger partial charge in [0.25, 0.3) is 8.40 Å². The van der Waals surface area contributed by atoms with Crippen molar-refractivity contribution in [2.24, 2.45) is 0 Å². The van der Waals surface area contributed by atoms with E-state index >= 15 is 0 Å². The number of benzene rings is 2. The minimum atomic E-state index is -2.27. The van der Waals surface area contributed by atoms with Gasteiger partial charge in [-0.2, -0.15) is 0 Å². The van der Waals surface area contributed by atoms with Crippen LogP contribution in [-0.4, -0.2) is 22.5 Å². The highest BCUT2D eigenvalue weighted by atomic mass is 28.3. The van der Waals surface area contributed by atoms with Gasteiger partial charge in [-0.3, -0.25) is 21.0 Å². The molecule has 0 aliphatic carbocycles. The molecule has 5 heteroatoms. The first-order valence-corrected chi connectivity index (χ1v) is 8.32. The molecule has 0 bridgehead atoms. The first kappa shape index (κ1) is 13.9. The van der Waals surface area contributed by atoms with Crippen LogP contribution in [0.1, 0.15) is 0 Å². The predicted molar refractivity (Wildman–Crippen MR) is 82.3 cm³/mol. The molecule has 4 N–H and O–H groups in total. The van der Waals surface area contributed by atoms with Crippen molar-refractivity contribution in [1.82, 2.24) is 21.0 Å². The summed E-state index contributed by atoms with van der Waals surface area (Å²) in [5, 5.41) is 9.40. The van der Waals surface area contributed by atoms with Crippen LogP contribution >= 0.6 is 0 Å². The zero-order valence-electron chi connectivity index (χ0n) is 11.3. The number of nitrogens with one attached hydrogen (secondary N) is 4. The third-order valence-electron chi connectivity index (χ3n) is 3.04. The standard InChI is InChI=1S/C14H20N4Si/c1-15-17-19(18-16-2,13-9-5-3-6-10-13)14-11-7-4-8-12-14/h3-12,15-18H,1-2H3. The van der Waals surface area contributed by atoms with E-state index in [1.165, 1.54) is 10.4 Å². The topological polar surface area (TPSA) is 48.1 Å². The monoisotopic (exact) mass is 272 g/mol. The third kappa shape index (κ3) is 2.91. The van der Waals surface area contributed by atoms with Crippen LogP contribution in [0.4, 0.5) is 0 Å². The fourth-order valence-corrected chi connectivity index (χ4v) is 5.35. The number of hydrogen-bond donors (Lipinski definition) is 4. The van der Waals surface area contributed by atoms with Gasteiger partial charge in [-0.05, 0) is 24.5 Å². The van der Waals surface area contributed by atoms with Crippen LogP contribution in [0.5, 0.6) is 0 Å². The summed E-state index contributed by atoms with van der Waals surface area (Å²) in [6, 6.07) is 20.9. The van der Waals surface area contributed by atoms with Crippen LogP contribution in [0, 0.1) is 0 Å². The van der Waals surface area contributed by atoms with Gasteiger partial charge in [-0.1, -0.05) is 60.7 Å². The fourth-order valence-electron chi connectivity index (χ4n) is 2.24. The summed E-state index contributed by atoms with van der Waals surface area (Å²) >= 11 is 0. The van der Waals surface area contributed by atoms with E-state index in [0.29, 0.717) is 0 Å². The van der Waals surface area contributed by atoms with Crippen LogP contribution in [-0.2, 0) is 0 Å². The summed E-state index contributed by atoms with van der Waals surface area (Å²) in [4.78, 5) is 0. The zero-order chi connectivity index (χ0) is 13.6. The second kappa shape index (κ2) is 6.60. The van der Waals surface area contributed by atoms with Crippen molar-refractivity contribution < 1.29 is 0 Å². The predicted octanol–water partition coefficient (Wildman–Crippen LogP) is -0.309. The van der Waals surface area contributed by atoms with Gasteiger partial charge in [-0.25, -0.2) is 0 Å². The van der Waals surface area contributed by atoms with Crippen LogP contribution < -0.4 is 31.4 Å². The Bertz CT molecular complexity index is 442. The third-order valence-corrected chi connectivity index (χ3v) is 6.69. The Kier molecular flexibility index (Phi) is 4.84. The number of hydrazine groups is 2. The van der Waals surface area contributed by atoms with E-state index in [2.05, 4.69) is 69.6 Å². The molecule has 0 saturated heterocycles. The molecule has 0 radical (unpaired) electrons. The summed E-state index contributed by atoms with van der Waals surface area (Å²) in [7, 11) is 1.52. The van der Waals surface area contributed by atoms with Crippen LogP contribution in [0.15, 0.2) is 60.7 Å². The van der Waals surface area contributed by atoms with Gasteiger partial charge in [-0.15, -0.1) is 0 Å². The first-order chi connectivity index (χ1) is 9.33. The van der Waals surface area contributed by atoms with E-state index in [-0.39, 0.29) is 0 Å². The molecule has 4 nitrogen and oxygen atoms in total. The van der Waals surface area contributed by atoms with Crippen molar-refractivity contribution in [3.8, 4) is 0 Å². The molecule has 2 aromatic carbocycles. The zero-order valence-corrected chi connectivity index (χ0v) is 12.3. The molecule has 0 heterocycles. The lowest BCUT2D eigenvalue weighted by molar-refractivity contribution is 0.700. The van der Waals surface area contributed by atoms with Crippen molar-refractivity contribution in [2.75, 3.05) is 14.1 Å². The maximum Gasteiger partial charge on any atom is 0.294 e. The Hall–Kier alpha value is -1.50. The lowest BCUT2D eigenvalue weighted by Crippen LogP contribution is -2.81. The Morgan fingerprint density at radius 3 is 1.32 bits per heavy atom. The molecule has 0 fully saturated rings. The lowest BCUT2D eigenvalue weighted by atomic mass is 10.4. The average Bonchev–Trinajstić information content (AvgIpc) is 2.49. The summed E-state index contributed by atoms with van der Waals surface area (Å²) < 4.78 is 0. The van der Waals surface area contributed by atoms with Crippen molar-refractivity contribution in [3.05, 3.63) is 60.7 Å². The summed E-state index contributed by atoms with van der Waals surface area (Å²) in [6.45, 7) is 0. The number of hydrogen-bond acceptors (Lipinski definition) is 4. The summed E-state index contributed by atoms with van der Waals surface area (Å²) in [5.41, 5.74) is 6.20. The van der Waals surface area contributed by atoms with Crippen molar-refractivity contribution in [2.45, 2.75) is 0 Å². The highest BCUT2D eigenvalue weighted by Gasteiger charge is 2.37. The molecule has 0 spiro atoms. The maximum atomic E-state index is 3.44. The molecule has 0 atom stereocenters. The largest absolute Gasteiger partial charge is 0.294 e. The van der Waals surface area contributed by atoms with Gasteiger partial charge < -0.3 is 0 Å². The van der Waals surface area contributed by atoms with E-state index in [4.69, 9.17) is 0 Å². The lowest BCUT2D eigenvalue weighted by Gasteiger charge is -2.33. The average molecular weight is 272 g/mol. The van der Waals surface area contributed by atoms with Crippen LogP contribution in [0.25, 0.3) is 0 Å². The summed E-state index contributed by atoms with van der Waals surface area (Å²) in [5.74, 6) is 0. The van der Waals surface area contributed by atoms with Gasteiger partial charge >= 0.3 is 0 Å². The highest BCUT2D eigenvalue weighted by Crippen LogP contribution is 1.98. The molecule has 0 unspecified atom stereocenters. The quantitative estimate of drug-likeness (QED) is 0.430. The van der Waals surface area contributed by atoms with Crippen LogP contribution in [0.2, 0.25) is 0 Å². The van der Waals surface area contributed by atoms with E-state index < -0.39 is 8.40 Å². The molecule has 100 valence electrons. The molecular weight excluding hydrogens is 252 g/mol. The van der Waals surface area contributed by atoms with Gasteiger partial charge in [0.05, 0.1) is 0 Å². The molecule has 0 aromatic heterocycles. The van der Waals surface area contributed by atoms with E-state index in [1.54, 1.807) is 0 Å². The minimum absolute atomic E-state index is 1.25. The molecule has 0 aliphatic rings. The molecule has 2 aromatic rings. The van der Waals surface area contributed by atoms with Crippen molar-refractivity contribution >= 4 is 18.8 Å². The Morgan fingerprint density at radius 2 is 1.00 bits per heavy atom. The van der Waals surface area contributed by atoms with Gasteiger partial charge in [0, 0.05) is 0 Å². The Balaban J connectivity index is 2.54. The molecular formula is C14H20N4Si. The second-order valence-corrected chi connectivity index (χ2v) is 7.39. The summed E-state index contributed by atoms with van der Waals surface area (Å²) in [6.07, 6.45) is 0. The molecule has 19 heavy (non-hydrogen) atoms. The normalized spacial score (nSPS) is 11.5. The Morgan fingerprint density at radius 1 is 0.632 bits per heavy atom. The van der Waals surface area contributed by atoms with Gasteiger partial charge in [0.1, 0.15) is 0 Å². The molecule has 0 saturated carbocycles. The Labute approximate surface area is 115 Å². The van der Waals surface area contributed by atoms with E-state index in [1.807, 2.05) is 26.2 Å². The van der Waals surface area contributed by atoms with Crippen molar-refractivity contribution in [1.29, 1.82) is 0 Å². The first-order valence-electron chi connectivity index (χ1n) is 6.32. The van der Waals surface area contributed by atoms with Gasteiger partial charge in [0.2, 0.25) is 0 Å². The number of rotatable bonds is 6. The molecule has 2 rings (SSSR count). The van der Waals surface area contributed by atoms with Crippen LogP contribution in [0.3, 0.4) is 0 Å². The maximum absolute atomic E-state index is 3.44. The van der Waals surface area contributed by atoms with E-state index in [9.17, 15) is 0 Å². The minimum Gasteiger partial charge on any atom is -0.266 e. The van der Waals surface area contributed by atoms with Gasteiger partial charge in [0.15, 0.2) is 0 Å². The SMILES string of the molecule is CNN[Si](NNC)(c1ccccc1)c1ccccc1. The second-order valence-electron chi connectivity index (χ2n) is 4.23. The molecule has 0 aliphatic heterocycles. The molecule has 0 amide bonds.